The highest BCUT2D eigenvalue weighted by atomic mass is 32.2. The summed E-state index contributed by atoms with van der Waals surface area (Å²) < 4.78 is 51.4. The second-order valence-electron chi connectivity index (χ2n) is 2.58. The molecule has 0 aromatic rings. The molecule has 0 aliphatic carbocycles. The van der Waals surface area contributed by atoms with E-state index in [1.165, 1.54) is 4.90 Å². The normalized spacial score (nSPS) is 21.2. The maximum absolute atomic E-state index is 12.0. The van der Waals surface area contributed by atoms with E-state index in [1.54, 1.807) is 0 Å². The minimum Gasteiger partial charge on any atom is -0.334 e. The Morgan fingerprint density at radius 1 is 1.46 bits per heavy atom. The van der Waals surface area contributed by atoms with Crippen LogP contribution in [0.3, 0.4) is 0 Å². The van der Waals surface area contributed by atoms with Crippen molar-refractivity contribution in [1.82, 2.24) is 4.90 Å². The predicted molar refractivity (Wildman–Crippen MR) is 60.3 cm³/mol. The van der Waals surface area contributed by atoms with E-state index in [2.05, 4.69) is 0 Å². The van der Waals surface area contributed by atoms with Crippen molar-refractivity contribution >= 4 is 17.0 Å². The Bertz CT molecular complexity index is 326. The number of nitrogens with zero attached hydrogens (tertiary/aromatic N) is 1. The average Bonchev–Trinajstić information content (AvgIpc) is 2.26. The Hall–Kier alpha value is -0.180. The molecule has 78 valence electrons. The van der Waals surface area contributed by atoms with Crippen LogP contribution >= 0.6 is 11.8 Å². The van der Waals surface area contributed by atoms with Crippen LogP contribution < -0.4 is 0 Å². The van der Waals surface area contributed by atoms with E-state index in [4.69, 9.17) is 9.60 Å². The zero-order valence-electron chi connectivity index (χ0n) is 15.1. The largest absolute Gasteiger partial charge is 0.334 e. The monoisotopic (exact) mass is 210 g/mol. The van der Waals surface area contributed by atoms with Gasteiger partial charge in [0.25, 0.3) is 5.24 Å². The summed E-state index contributed by atoms with van der Waals surface area (Å²) in [6, 6.07) is 0. The molecule has 0 saturated carbocycles. The minimum absolute atomic E-state index is 0.109. The van der Waals surface area contributed by atoms with Gasteiger partial charge in [-0.2, -0.15) is 0 Å². The molecule has 0 radical (unpaired) electrons. The van der Waals surface area contributed by atoms with Crippen molar-refractivity contribution in [2.75, 3.05) is 18.8 Å². The lowest BCUT2D eigenvalue weighted by Gasteiger charge is -2.20. The third-order valence-corrected chi connectivity index (χ3v) is 2.07. The van der Waals surface area contributed by atoms with Gasteiger partial charge in [-0.25, -0.2) is 0 Å². The van der Waals surface area contributed by atoms with Gasteiger partial charge in [0.2, 0.25) is 0 Å². The summed E-state index contributed by atoms with van der Waals surface area (Å²) in [6.45, 7) is 1.48. The zero-order chi connectivity index (χ0) is 16.2. The molecular weight excluding hydrogens is 182 g/mol. The number of amides is 1. The van der Waals surface area contributed by atoms with Crippen molar-refractivity contribution in [2.45, 2.75) is 39.9 Å². The smallest absolute Gasteiger partial charge is 0.281 e. The zero-order valence-corrected chi connectivity index (χ0v) is 8.91. The molecule has 0 heterocycles. The number of carbonyl (C=O) groups is 1. The van der Waals surface area contributed by atoms with Crippen molar-refractivity contribution in [3.8, 4) is 0 Å². The van der Waals surface area contributed by atoms with E-state index >= 15 is 0 Å². The van der Waals surface area contributed by atoms with Gasteiger partial charge in [0.05, 0.1) is 0 Å². The summed E-state index contributed by atoms with van der Waals surface area (Å²) in [6.07, 6.45) is -1.71. The molecule has 0 spiro atoms. The van der Waals surface area contributed by atoms with Gasteiger partial charge >= 0.3 is 0 Å². The van der Waals surface area contributed by atoms with E-state index in [0.717, 1.165) is 0 Å². The summed E-state index contributed by atoms with van der Waals surface area (Å²) >= 11 is 0.109. The van der Waals surface area contributed by atoms with Crippen LogP contribution in [0.4, 0.5) is 4.79 Å². The van der Waals surface area contributed by atoms with E-state index in [1.807, 2.05) is 13.8 Å². The Morgan fingerprint density at radius 3 is 2.54 bits per heavy atom. The minimum atomic E-state index is -3.13. The molecule has 3 heteroatoms. The third kappa shape index (κ3) is 5.97. The van der Waals surface area contributed by atoms with Crippen LogP contribution in [0.1, 0.15) is 49.5 Å². The molecule has 0 aromatic carbocycles. The van der Waals surface area contributed by atoms with Crippen LogP contribution in [0.25, 0.3) is 0 Å². The molecule has 0 fully saturated rings. The number of hydrogen-bond donors (Lipinski definition) is 0. The molecule has 0 atom stereocenters. The van der Waals surface area contributed by atoms with Gasteiger partial charge in [-0.05, 0) is 19.2 Å². The third-order valence-electron chi connectivity index (χ3n) is 1.43. The fourth-order valence-corrected chi connectivity index (χ4v) is 1.42. The van der Waals surface area contributed by atoms with Gasteiger partial charge in [0.1, 0.15) is 0 Å². The van der Waals surface area contributed by atoms with Crippen molar-refractivity contribution in [3.05, 3.63) is 0 Å². The van der Waals surface area contributed by atoms with Crippen LogP contribution in [0.2, 0.25) is 0 Å². The maximum atomic E-state index is 12.0. The average molecular weight is 210 g/mol. The van der Waals surface area contributed by atoms with Gasteiger partial charge in [-0.15, -0.1) is 0 Å². The molecule has 0 aliphatic rings. The summed E-state index contributed by atoms with van der Waals surface area (Å²) in [5.74, 6) is 0. The summed E-state index contributed by atoms with van der Waals surface area (Å²) in [7, 11) is 0. The number of rotatable bonds is 6. The van der Waals surface area contributed by atoms with Gasteiger partial charge in [-0.3, -0.25) is 4.79 Å². The van der Waals surface area contributed by atoms with Crippen LogP contribution in [0.15, 0.2) is 0 Å². The maximum Gasteiger partial charge on any atom is 0.281 e. The molecular formula is C10H21NOS. The van der Waals surface area contributed by atoms with Crippen molar-refractivity contribution in [2.24, 2.45) is 0 Å². The fourth-order valence-electron chi connectivity index (χ4n) is 0.968. The highest BCUT2D eigenvalue weighted by Gasteiger charge is 2.10. The van der Waals surface area contributed by atoms with Gasteiger partial charge in [0.15, 0.2) is 0 Å². The van der Waals surface area contributed by atoms with Crippen LogP contribution in [0.5, 0.6) is 0 Å². The highest BCUT2D eigenvalue weighted by molar-refractivity contribution is 8.13. The second-order valence-corrected chi connectivity index (χ2v) is 3.34. The second kappa shape index (κ2) is 8.42. The summed E-state index contributed by atoms with van der Waals surface area (Å²) in [5.41, 5.74) is -2.82. The lowest BCUT2D eigenvalue weighted by molar-refractivity contribution is 0.223. The van der Waals surface area contributed by atoms with Crippen LogP contribution in [0, 0.1) is 0 Å². The number of carbonyl (C=O) groups excluding carboxylic acids is 1. The van der Waals surface area contributed by atoms with Gasteiger partial charge < -0.3 is 4.90 Å². The molecule has 0 saturated heterocycles. The lowest BCUT2D eigenvalue weighted by Crippen LogP contribution is -2.29. The topological polar surface area (TPSA) is 20.3 Å². The van der Waals surface area contributed by atoms with Crippen molar-refractivity contribution in [3.63, 3.8) is 0 Å². The first kappa shape index (κ1) is 5.06. The Balaban J connectivity index is 5.03. The summed E-state index contributed by atoms with van der Waals surface area (Å²) in [4.78, 5) is 13.4. The number of hydrogen-bond acceptors (Lipinski definition) is 2. The summed E-state index contributed by atoms with van der Waals surface area (Å²) in [5, 5.41) is -0.633. The molecule has 0 aliphatic heterocycles. The number of thioether (sulfide) groups is 1. The quantitative estimate of drug-likeness (QED) is 0.670. The first-order valence-electron chi connectivity index (χ1n) is 7.88. The van der Waals surface area contributed by atoms with Crippen molar-refractivity contribution < 1.29 is 14.4 Å². The lowest BCUT2D eigenvalue weighted by atomic mass is 10.4. The molecule has 2 nitrogen and oxygen atoms in total. The molecule has 0 unspecified atom stereocenters. The van der Waals surface area contributed by atoms with Gasteiger partial charge in [-0.1, -0.05) is 32.5 Å². The van der Waals surface area contributed by atoms with Crippen molar-refractivity contribution in [1.29, 1.82) is 0 Å². The first-order chi connectivity index (χ1) is 8.90. The SMILES string of the molecule is [2H]C([2H])([2H])C([2H])([2H])C([2H])([2H])SC(=O)N(CCC)CCC. The van der Waals surface area contributed by atoms with E-state index in [9.17, 15) is 4.79 Å². The molecule has 0 N–H and O–H groups in total. The Kier molecular flexibility index (Phi) is 3.28. The van der Waals surface area contributed by atoms with Crippen LogP contribution in [-0.2, 0) is 0 Å². The van der Waals surface area contributed by atoms with Crippen LogP contribution in [-0.4, -0.2) is 28.9 Å². The Labute approximate surface area is 95.9 Å². The van der Waals surface area contributed by atoms with Gasteiger partial charge in [0, 0.05) is 28.4 Å². The molecule has 0 aromatic heterocycles. The molecule has 0 rings (SSSR count). The standard InChI is InChI=1S/C10H21NOS/c1-4-7-11(8-5-2)10(12)13-9-6-3/h4-9H2,1-3H3/i3D3,6D2,9D2. The highest BCUT2D eigenvalue weighted by Crippen LogP contribution is 2.10. The molecule has 0 bridgehead atoms. The fraction of sp³-hybridized carbons (Fsp3) is 0.900. The predicted octanol–water partition coefficient (Wildman–Crippen LogP) is 3.37. The Morgan fingerprint density at radius 2 is 2.08 bits per heavy atom. The van der Waals surface area contributed by atoms with E-state index in [-0.39, 0.29) is 11.8 Å². The molecule has 13 heavy (non-hydrogen) atoms. The van der Waals surface area contributed by atoms with E-state index in [0.29, 0.717) is 25.9 Å². The van der Waals surface area contributed by atoms with E-state index < -0.39 is 24.2 Å². The molecule has 1 amide bonds. The first-order valence-corrected chi connectivity index (χ1v) is 5.20.